The number of aryl methyl sites for hydroxylation is 1. The lowest BCUT2D eigenvalue weighted by molar-refractivity contribution is -0.126. The van der Waals surface area contributed by atoms with Crippen molar-refractivity contribution in [2.24, 2.45) is 5.92 Å². The molecule has 2 aromatic carbocycles. The first-order valence-corrected chi connectivity index (χ1v) is 9.72. The quantitative estimate of drug-likeness (QED) is 0.801. The molecule has 0 unspecified atom stereocenters. The summed E-state index contributed by atoms with van der Waals surface area (Å²) in [6.07, 6.45) is 1.54. The van der Waals surface area contributed by atoms with Crippen LogP contribution in [0.4, 0.5) is 5.69 Å². The smallest absolute Gasteiger partial charge is 0.297 e. The number of hydrogen-bond donors (Lipinski definition) is 1. The Bertz CT molecular complexity index is 827. The third-order valence-electron chi connectivity index (χ3n) is 4.42. The molecule has 1 N–H and O–H groups in total. The Hall–Kier alpha value is -2.18. The van der Waals surface area contributed by atoms with E-state index in [0.717, 1.165) is 24.8 Å². The standard InChI is InChI=1S/C19H21NO4S/c1-14-10-12-17(13-11-14)25(22,23)24-18(15-6-5-7-15)19(21)20-16-8-3-2-4-9-16/h2-4,8-13,15,18H,5-7H2,1H3,(H,20,21)/t18-/m0/s1. The molecular formula is C19H21NO4S. The van der Waals surface area contributed by atoms with Crippen LogP contribution >= 0.6 is 0 Å². The van der Waals surface area contributed by atoms with Crippen molar-refractivity contribution in [3.63, 3.8) is 0 Å². The monoisotopic (exact) mass is 359 g/mol. The molecule has 0 aromatic heterocycles. The molecule has 1 amide bonds. The maximum absolute atomic E-state index is 12.6. The van der Waals surface area contributed by atoms with Crippen molar-refractivity contribution in [2.45, 2.75) is 37.2 Å². The van der Waals surface area contributed by atoms with Crippen LogP contribution in [0.1, 0.15) is 24.8 Å². The molecule has 0 radical (unpaired) electrons. The van der Waals surface area contributed by atoms with Crippen molar-refractivity contribution in [1.29, 1.82) is 0 Å². The van der Waals surface area contributed by atoms with E-state index in [1.807, 2.05) is 13.0 Å². The Balaban J connectivity index is 1.78. The molecule has 1 atom stereocenters. The fourth-order valence-corrected chi connectivity index (χ4v) is 3.81. The summed E-state index contributed by atoms with van der Waals surface area (Å²) in [6, 6.07) is 15.4. The van der Waals surface area contributed by atoms with Crippen LogP contribution in [0.3, 0.4) is 0 Å². The SMILES string of the molecule is Cc1ccc(S(=O)(=O)O[C@H](C(=O)Nc2ccccc2)C2CCC2)cc1. The average Bonchev–Trinajstić information content (AvgIpc) is 2.54. The second kappa shape index (κ2) is 7.37. The van der Waals surface area contributed by atoms with Gasteiger partial charge in [-0.3, -0.25) is 8.98 Å². The van der Waals surface area contributed by atoms with Crippen LogP contribution in [-0.4, -0.2) is 20.4 Å². The number of para-hydroxylation sites is 1. The Kier molecular flexibility index (Phi) is 5.20. The Morgan fingerprint density at radius 1 is 1.08 bits per heavy atom. The zero-order valence-corrected chi connectivity index (χ0v) is 14.8. The summed E-state index contributed by atoms with van der Waals surface area (Å²) >= 11 is 0. The number of benzene rings is 2. The maximum Gasteiger partial charge on any atom is 0.297 e. The number of rotatable bonds is 6. The van der Waals surface area contributed by atoms with E-state index in [4.69, 9.17) is 4.18 Å². The molecule has 1 aliphatic carbocycles. The number of carbonyl (C=O) groups excluding carboxylic acids is 1. The normalized spacial score (nSPS) is 16.0. The fraction of sp³-hybridized carbons (Fsp3) is 0.316. The predicted octanol–water partition coefficient (Wildman–Crippen LogP) is 3.51. The molecule has 0 spiro atoms. The van der Waals surface area contributed by atoms with Crippen LogP contribution in [0.2, 0.25) is 0 Å². The summed E-state index contributed by atoms with van der Waals surface area (Å²) in [5.74, 6) is -0.504. The van der Waals surface area contributed by atoms with Gasteiger partial charge in [0.25, 0.3) is 16.0 Å². The first kappa shape index (κ1) is 17.6. The lowest BCUT2D eigenvalue weighted by atomic mass is 9.81. The molecule has 2 aromatic rings. The molecule has 0 heterocycles. The van der Waals surface area contributed by atoms with Gasteiger partial charge >= 0.3 is 0 Å². The van der Waals surface area contributed by atoms with Gasteiger partial charge in [-0.25, -0.2) is 0 Å². The Morgan fingerprint density at radius 3 is 2.28 bits per heavy atom. The minimum absolute atomic E-state index is 0.0648. The third-order valence-corrected chi connectivity index (χ3v) is 5.73. The van der Waals surface area contributed by atoms with E-state index in [1.54, 1.807) is 36.4 Å². The van der Waals surface area contributed by atoms with Crippen LogP contribution in [0.5, 0.6) is 0 Å². The van der Waals surface area contributed by atoms with Crippen LogP contribution in [0.25, 0.3) is 0 Å². The molecule has 0 bridgehead atoms. The van der Waals surface area contributed by atoms with Crippen molar-refractivity contribution >= 4 is 21.7 Å². The number of nitrogens with one attached hydrogen (secondary N) is 1. The van der Waals surface area contributed by atoms with Gasteiger partial charge in [0.15, 0.2) is 6.10 Å². The Morgan fingerprint density at radius 2 is 1.72 bits per heavy atom. The molecule has 0 saturated heterocycles. The van der Waals surface area contributed by atoms with Crippen molar-refractivity contribution in [1.82, 2.24) is 0 Å². The zero-order valence-electron chi connectivity index (χ0n) is 14.0. The molecular weight excluding hydrogens is 338 g/mol. The average molecular weight is 359 g/mol. The van der Waals surface area contributed by atoms with E-state index in [0.29, 0.717) is 5.69 Å². The van der Waals surface area contributed by atoms with Gasteiger partial charge in [-0.05, 0) is 49.9 Å². The van der Waals surface area contributed by atoms with Gasteiger partial charge in [0.1, 0.15) is 0 Å². The van der Waals surface area contributed by atoms with Gasteiger partial charge in [0.05, 0.1) is 4.90 Å². The lowest BCUT2D eigenvalue weighted by Gasteiger charge is -2.32. The first-order chi connectivity index (χ1) is 12.0. The molecule has 3 rings (SSSR count). The van der Waals surface area contributed by atoms with Crippen molar-refractivity contribution in [3.8, 4) is 0 Å². The second-order valence-electron chi connectivity index (χ2n) is 6.33. The zero-order chi connectivity index (χ0) is 17.9. The van der Waals surface area contributed by atoms with E-state index >= 15 is 0 Å². The Labute approximate surface area is 148 Å². The van der Waals surface area contributed by atoms with Crippen LogP contribution in [-0.2, 0) is 19.1 Å². The molecule has 5 nitrogen and oxygen atoms in total. The van der Waals surface area contributed by atoms with Gasteiger partial charge in [-0.15, -0.1) is 0 Å². The minimum Gasteiger partial charge on any atom is -0.324 e. The second-order valence-corrected chi connectivity index (χ2v) is 7.90. The topological polar surface area (TPSA) is 72.5 Å². The maximum atomic E-state index is 12.6. The molecule has 132 valence electrons. The van der Waals surface area contributed by atoms with E-state index in [-0.39, 0.29) is 10.8 Å². The highest BCUT2D eigenvalue weighted by molar-refractivity contribution is 7.86. The number of carbonyl (C=O) groups is 1. The van der Waals surface area contributed by atoms with Crippen LogP contribution < -0.4 is 5.32 Å². The van der Waals surface area contributed by atoms with E-state index in [2.05, 4.69) is 5.32 Å². The predicted molar refractivity (Wildman–Crippen MR) is 95.7 cm³/mol. The molecule has 1 aliphatic rings. The van der Waals surface area contributed by atoms with Crippen molar-refractivity contribution in [2.75, 3.05) is 5.32 Å². The summed E-state index contributed by atoms with van der Waals surface area (Å²) in [7, 11) is -4.00. The van der Waals surface area contributed by atoms with Gasteiger partial charge in [0, 0.05) is 5.69 Å². The fourth-order valence-electron chi connectivity index (χ4n) is 2.71. The molecule has 1 saturated carbocycles. The van der Waals surface area contributed by atoms with Crippen molar-refractivity contribution in [3.05, 3.63) is 60.2 Å². The summed E-state index contributed by atoms with van der Waals surface area (Å²) in [5.41, 5.74) is 1.57. The minimum atomic E-state index is -4.00. The summed E-state index contributed by atoms with van der Waals surface area (Å²) in [6.45, 7) is 1.88. The molecule has 1 fully saturated rings. The molecule has 25 heavy (non-hydrogen) atoms. The summed E-state index contributed by atoms with van der Waals surface area (Å²) in [5, 5.41) is 2.75. The third kappa shape index (κ3) is 4.27. The van der Waals surface area contributed by atoms with Crippen LogP contribution in [0.15, 0.2) is 59.5 Å². The first-order valence-electron chi connectivity index (χ1n) is 8.31. The molecule has 0 aliphatic heterocycles. The highest BCUT2D eigenvalue weighted by Gasteiger charge is 2.37. The summed E-state index contributed by atoms with van der Waals surface area (Å²) in [4.78, 5) is 12.7. The number of anilines is 1. The van der Waals surface area contributed by atoms with E-state index < -0.39 is 22.1 Å². The van der Waals surface area contributed by atoms with Crippen molar-refractivity contribution < 1.29 is 17.4 Å². The highest BCUT2D eigenvalue weighted by Crippen LogP contribution is 2.33. The van der Waals surface area contributed by atoms with E-state index in [1.165, 1.54) is 12.1 Å². The lowest BCUT2D eigenvalue weighted by Crippen LogP contribution is -2.41. The van der Waals surface area contributed by atoms with E-state index in [9.17, 15) is 13.2 Å². The summed E-state index contributed by atoms with van der Waals surface area (Å²) < 4.78 is 30.5. The molecule has 6 heteroatoms. The van der Waals surface area contributed by atoms with Crippen LogP contribution in [0, 0.1) is 12.8 Å². The number of amides is 1. The highest BCUT2D eigenvalue weighted by atomic mass is 32.2. The van der Waals surface area contributed by atoms with Gasteiger partial charge in [0.2, 0.25) is 0 Å². The van der Waals surface area contributed by atoms with Gasteiger partial charge in [-0.1, -0.05) is 42.3 Å². The largest absolute Gasteiger partial charge is 0.324 e. The van der Waals surface area contributed by atoms with Gasteiger partial charge < -0.3 is 5.32 Å². The van der Waals surface area contributed by atoms with Gasteiger partial charge in [-0.2, -0.15) is 8.42 Å². The number of hydrogen-bond acceptors (Lipinski definition) is 4.